The summed E-state index contributed by atoms with van der Waals surface area (Å²) in [4.78, 5) is 12.8. The monoisotopic (exact) mass is 500 g/mol. The molecule has 34 heavy (non-hydrogen) atoms. The number of ether oxygens (including phenoxy) is 1. The molecule has 0 heterocycles. The largest absolute Gasteiger partial charge is 0.494 e. The van der Waals surface area contributed by atoms with Crippen molar-refractivity contribution < 1.29 is 17.9 Å². The maximum absolute atomic E-state index is 13.4. The minimum atomic E-state index is -3.97. The van der Waals surface area contributed by atoms with Gasteiger partial charge in [-0.15, -0.1) is 0 Å². The summed E-state index contributed by atoms with van der Waals surface area (Å²) >= 11 is 5.93. The molecule has 3 rings (SSSR count). The molecule has 0 aliphatic heterocycles. The number of hydrogen-bond acceptors (Lipinski definition) is 4. The second-order valence-electron chi connectivity index (χ2n) is 7.80. The van der Waals surface area contributed by atoms with Gasteiger partial charge in [-0.05, 0) is 80.3 Å². The van der Waals surface area contributed by atoms with Gasteiger partial charge in [0.05, 0.1) is 17.2 Å². The molecular formula is C26H29ClN2O4S. The summed E-state index contributed by atoms with van der Waals surface area (Å²) in [6.07, 6.45) is 1.44. The van der Waals surface area contributed by atoms with Crippen LogP contribution in [0.15, 0.2) is 77.7 Å². The van der Waals surface area contributed by atoms with Gasteiger partial charge < -0.3 is 10.1 Å². The molecule has 3 aromatic carbocycles. The normalized spacial score (nSPS) is 11.1. The van der Waals surface area contributed by atoms with Crippen LogP contribution in [0.4, 0.5) is 5.69 Å². The van der Waals surface area contributed by atoms with Crippen molar-refractivity contribution in [2.45, 2.75) is 31.6 Å². The van der Waals surface area contributed by atoms with Crippen LogP contribution in [0.25, 0.3) is 0 Å². The lowest BCUT2D eigenvalue weighted by atomic mass is 10.1. The minimum absolute atomic E-state index is 0.0683. The molecule has 1 N–H and O–H groups in total. The first-order valence-corrected chi connectivity index (χ1v) is 13.0. The molecule has 8 heteroatoms. The first kappa shape index (κ1) is 25.6. The summed E-state index contributed by atoms with van der Waals surface area (Å²) in [7, 11) is -3.97. The standard InChI is InChI=1S/C26H29ClN2O4S/c1-3-33-25-12-5-4-9-21(25)10-7-17-28-26(30)19-29(23-11-6-8-20(2)18-23)34(31,32)24-15-13-22(27)14-16-24/h4-6,8-9,11-16,18H,3,7,10,17,19H2,1-2H3,(H,28,30). The number of sulfonamides is 1. The highest BCUT2D eigenvalue weighted by atomic mass is 35.5. The number of halogens is 1. The molecule has 0 atom stereocenters. The Labute approximate surface area is 206 Å². The Kier molecular flexibility index (Phi) is 8.96. The Hall–Kier alpha value is -3.03. The van der Waals surface area contributed by atoms with Crippen molar-refractivity contribution in [3.05, 3.63) is 88.9 Å². The van der Waals surface area contributed by atoms with Crippen LogP contribution in [0, 0.1) is 6.92 Å². The van der Waals surface area contributed by atoms with Gasteiger partial charge in [-0.25, -0.2) is 8.42 Å². The molecule has 3 aromatic rings. The van der Waals surface area contributed by atoms with E-state index in [1.807, 2.05) is 44.2 Å². The predicted molar refractivity (Wildman–Crippen MR) is 136 cm³/mol. The van der Waals surface area contributed by atoms with Gasteiger partial charge in [0.15, 0.2) is 0 Å². The third kappa shape index (κ3) is 6.74. The lowest BCUT2D eigenvalue weighted by molar-refractivity contribution is -0.119. The van der Waals surface area contributed by atoms with E-state index in [1.165, 1.54) is 24.3 Å². The number of carbonyl (C=O) groups excluding carboxylic acids is 1. The van der Waals surface area contributed by atoms with E-state index in [2.05, 4.69) is 5.32 Å². The molecule has 0 spiro atoms. The van der Waals surface area contributed by atoms with E-state index in [0.717, 1.165) is 27.6 Å². The molecule has 0 bridgehead atoms. The molecule has 6 nitrogen and oxygen atoms in total. The molecule has 0 unspecified atom stereocenters. The van der Waals surface area contributed by atoms with E-state index in [0.29, 0.717) is 30.3 Å². The van der Waals surface area contributed by atoms with E-state index in [9.17, 15) is 13.2 Å². The van der Waals surface area contributed by atoms with Crippen molar-refractivity contribution in [1.82, 2.24) is 5.32 Å². The number of hydrogen-bond donors (Lipinski definition) is 1. The van der Waals surface area contributed by atoms with Gasteiger partial charge in [0.2, 0.25) is 5.91 Å². The van der Waals surface area contributed by atoms with Crippen LogP contribution in [0.1, 0.15) is 24.5 Å². The fourth-order valence-corrected chi connectivity index (χ4v) is 5.07. The Morgan fingerprint density at radius 1 is 1.03 bits per heavy atom. The number of anilines is 1. The van der Waals surface area contributed by atoms with E-state index in [-0.39, 0.29) is 17.3 Å². The topological polar surface area (TPSA) is 75.7 Å². The van der Waals surface area contributed by atoms with Gasteiger partial charge >= 0.3 is 0 Å². The average Bonchev–Trinajstić information content (AvgIpc) is 2.81. The number of aryl methyl sites for hydroxylation is 2. The smallest absolute Gasteiger partial charge is 0.264 e. The maximum Gasteiger partial charge on any atom is 0.264 e. The molecular weight excluding hydrogens is 472 g/mol. The van der Waals surface area contributed by atoms with Gasteiger partial charge in [-0.1, -0.05) is 41.9 Å². The van der Waals surface area contributed by atoms with E-state index in [1.54, 1.807) is 18.2 Å². The van der Waals surface area contributed by atoms with Crippen LogP contribution in [0.5, 0.6) is 5.75 Å². The number of para-hydroxylation sites is 1. The first-order chi connectivity index (χ1) is 16.3. The Balaban J connectivity index is 1.69. The second kappa shape index (κ2) is 11.9. The van der Waals surface area contributed by atoms with Gasteiger partial charge in [0, 0.05) is 11.6 Å². The quantitative estimate of drug-likeness (QED) is 0.376. The summed E-state index contributed by atoms with van der Waals surface area (Å²) in [5.41, 5.74) is 2.39. The van der Waals surface area contributed by atoms with E-state index >= 15 is 0 Å². The SMILES string of the molecule is CCOc1ccccc1CCCNC(=O)CN(c1cccc(C)c1)S(=O)(=O)c1ccc(Cl)cc1. The summed E-state index contributed by atoms with van der Waals surface area (Å²) in [6, 6.07) is 20.8. The van der Waals surface area contributed by atoms with Crippen LogP contribution in [0.3, 0.4) is 0 Å². The van der Waals surface area contributed by atoms with Crippen LogP contribution in [0.2, 0.25) is 5.02 Å². The zero-order valence-electron chi connectivity index (χ0n) is 19.3. The molecule has 0 radical (unpaired) electrons. The maximum atomic E-state index is 13.4. The zero-order chi connectivity index (χ0) is 24.6. The van der Waals surface area contributed by atoms with Crippen molar-refractivity contribution >= 4 is 33.2 Å². The van der Waals surface area contributed by atoms with Crippen molar-refractivity contribution in [3.8, 4) is 5.75 Å². The van der Waals surface area contributed by atoms with Crippen molar-refractivity contribution in [2.24, 2.45) is 0 Å². The van der Waals surface area contributed by atoms with Gasteiger partial charge in [0.1, 0.15) is 12.3 Å². The van der Waals surface area contributed by atoms with Crippen LogP contribution >= 0.6 is 11.6 Å². The third-order valence-corrected chi connectivity index (χ3v) is 7.24. The number of carbonyl (C=O) groups is 1. The molecule has 0 fully saturated rings. The fraction of sp³-hybridized carbons (Fsp3) is 0.269. The van der Waals surface area contributed by atoms with Crippen LogP contribution in [-0.2, 0) is 21.2 Å². The molecule has 0 saturated heterocycles. The Morgan fingerprint density at radius 2 is 1.76 bits per heavy atom. The molecule has 180 valence electrons. The fourth-order valence-electron chi connectivity index (χ4n) is 3.53. The average molecular weight is 501 g/mol. The molecule has 1 amide bonds. The summed E-state index contributed by atoms with van der Waals surface area (Å²) < 4.78 is 33.6. The first-order valence-electron chi connectivity index (χ1n) is 11.1. The highest BCUT2D eigenvalue weighted by Crippen LogP contribution is 2.25. The summed E-state index contributed by atoms with van der Waals surface area (Å²) in [5.74, 6) is 0.466. The molecule has 0 aromatic heterocycles. The number of benzene rings is 3. The van der Waals surface area contributed by atoms with Crippen LogP contribution in [-0.4, -0.2) is 34.0 Å². The van der Waals surface area contributed by atoms with Crippen LogP contribution < -0.4 is 14.4 Å². The highest BCUT2D eigenvalue weighted by molar-refractivity contribution is 7.92. The lowest BCUT2D eigenvalue weighted by Crippen LogP contribution is -2.41. The zero-order valence-corrected chi connectivity index (χ0v) is 20.9. The van der Waals surface area contributed by atoms with E-state index < -0.39 is 10.0 Å². The Bertz CT molecular complexity index is 1210. The molecule has 0 aliphatic rings. The van der Waals surface area contributed by atoms with Crippen molar-refractivity contribution in [3.63, 3.8) is 0 Å². The predicted octanol–water partition coefficient (Wildman–Crippen LogP) is 4.99. The second-order valence-corrected chi connectivity index (χ2v) is 10.1. The highest BCUT2D eigenvalue weighted by Gasteiger charge is 2.27. The third-order valence-electron chi connectivity index (χ3n) is 5.20. The lowest BCUT2D eigenvalue weighted by Gasteiger charge is -2.24. The van der Waals surface area contributed by atoms with E-state index in [4.69, 9.17) is 16.3 Å². The Morgan fingerprint density at radius 3 is 2.47 bits per heavy atom. The van der Waals surface area contributed by atoms with Gasteiger partial charge in [-0.3, -0.25) is 9.10 Å². The summed E-state index contributed by atoms with van der Waals surface area (Å²) in [6.45, 7) is 4.49. The number of nitrogens with one attached hydrogen (secondary N) is 1. The molecule has 0 aliphatic carbocycles. The number of nitrogens with zero attached hydrogens (tertiary/aromatic N) is 1. The van der Waals surface area contributed by atoms with Gasteiger partial charge in [-0.2, -0.15) is 0 Å². The van der Waals surface area contributed by atoms with Crippen molar-refractivity contribution in [1.29, 1.82) is 0 Å². The minimum Gasteiger partial charge on any atom is -0.494 e. The number of amides is 1. The number of rotatable bonds is 11. The van der Waals surface area contributed by atoms with Crippen molar-refractivity contribution in [2.75, 3.05) is 24.0 Å². The summed E-state index contributed by atoms with van der Waals surface area (Å²) in [5, 5.41) is 3.28. The molecule has 0 saturated carbocycles. The van der Waals surface area contributed by atoms with Gasteiger partial charge in [0.25, 0.3) is 10.0 Å².